The highest BCUT2D eigenvalue weighted by atomic mass is 16.7. The number of rotatable bonds is 20. The number of ketones is 1. The van der Waals surface area contributed by atoms with E-state index in [-0.39, 0.29) is 51.8 Å². The zero-order valence-corrected chi connectivity index (χ0v) is 36.9. The molecule has 3 aliphatic heterocycles. The third-order valence-electron chi connectivity index (χ3n) is 12.0. The Hall–Kier alpha value is -5.95. The Morgan fingerprint density at radius 2 is 0.803 bits per heavy atom. The molecule has 3 heterocycles. The highest BCUT2D eigenvalue weighted by Crippen LogP contribution is 2.46. The van der Waals surface area contributed by atoms with Crippen LogP contribution in [0.2, 0.25) is 0 Å². The van der Waals surface area contributed by atoms with Gasteiger partial charge in [0.25, 0.3) is 5.79 Å². The highest BCUT2D eigenvalue weighted by Gasteiger charge is 2.61. The molecular formula is C56H56O10. The number of hydrogen-bond donors (Lipinski definition) is 0. The Morgan fingerprint density at radius 3 is 1.24 bits per heavy atom. The van der Waals surface area contributed by atoms with Crippen LogP contribution in [0.25, 0.3) is 0 Å². The van der Waals surface area contributed by atoms with Crippen molar-refractivity contribution in [3.05, 3.63) is 227 Å². The van der Waals surface area contributed by atoms with Crippen molar-refractivity contribution in [2.24, 2.45) is 0 Å². The first-order chi connectivity index (χ1) is 32.6. The Kier molecular flexibility index (Phi) is 15.4. The van der Waals surface area contributed by atoms with Crippen molar-refractivity contribution < 1.29 is 47.4 Å². The number of allylic oxidation sites excluding steroid dienone is 1. The lowest BCUT2D eigenvalue weighted by Gasteiger charge is -2.50. The lowest BCUT2D eigenvalue weighted by molar-refractivity contribution is -0.311. The lowest BCUT2D eigenvalue weighted by atomic mass is 9.87. The summed E-state index contributed by atoms with van der Waals surface area (Å²) in [6.07, 6.45) is -4.37. The van der Waals surface area contributed by atoms with Gasteiger partial charge in [-0.15, -0.1) is 0 Å². The zero-order valence-electron chi connectivity index (χ0n) is 36.9. The smallest absolute Gasteiger partial charge is 0.273 e. The third-order valence-corrected chi connectivity index (χ3v) is 12.0. The molecule has 1 saturated heterocycles. The summed E-state index contributed by atoms with van der Waals surface area (Å²) in [6, 6.07) is 59.5. The standard InChI is InChI=1S/C56H56O10/c57-55-54(63-38-46-29-17-6-18-30-46)51(61-36-44-25-13-4-14-26-44)49(40-59-34-42-21-9-2-10-22-42)65-56(55)32-31-47-52(66-56)53(62-37-45-27-15-5-16-28-45)50(60-35-43-23-11-3-12-24-43)48(64-47)39-58-33-41-19-7-1-8-20-41/h1-30,48-51,53-54H,31-40H2/t48-,49-,50-,51-,53-,54-,56-/m1/s1. The molecule has 0 saturated carbocycles. The first-order valence-corrected chi connectivity index (χ1v) is 22.8. The number of ether oxygens (including phenoxy) is 9. The van der Waals surface area contributed by atoms with E-state index in [1.165, 1.54) is 0 Å². The molecule has 1 spiro atoms. The van der Waals surface area contributed by atoms with Crippen molar-refractivity contribution in [1.82, 2.24) is 0 Å². The first-order valence-electron chi connectivity index (χ1n) is 22.8. The van der Waals surface area contributed by atoms with Crippen LogP contribution in [0, 0.1) is 0 Å². The molecular weight excluding hydrogens is 833 g/mol. The molecule has 0 bridgehead atoms. The van der Waals surface area contributed by atoms with Crippen molar-refractivity contribution in [1.29, 1.82) is 0 Å². The minimum Gasteiger partial charge on any atom is -0.486 e. The van der Waals surface area contributed by atoms with Gasteiger partial charge in [0.2, 0.25) is 5.78 Å². The molecule has 6 aromatic rings. The summed E-state index contributed by atoms with van der Waals surface area (Å²) < 4.78 is 60.7. The maximum absolute atomic E-state index is 15.4. The van der Waals surface area contributed by atoms with Crippen molar-refractivity contribution >= 4 is 5.78 Å². The fourth-order valence-electron chi connectivity index (χ4n) is 8.58. The van der Waals surface area contributed by atoms with Gasteiger partial charge in [0.15, 0.2) is 18.0 Å². The molecule has 0 aliphatic carbocycles. The van der Waals surface area contributed by atoms with Gasteiger partial charge in [0.05, 0.1) is 52.9 Å². The largest absolute Gasteiger partial charge is 0.486 e. The molecule has 6 aromatic carbocycles. The predicted molar refractivity (Wildman–Crippen MR) is 247 cm³/mol. The minimum atomic E-state index is -1.80. The van der Waals surface area contributed by atoms with Gasteiger partial charge in [0, 0.05) is 12.8 Å². The highest BCUT2D eigenvalue weighted by molar-refractivity contribution is 5.92. The van der Waals surface area contributed by atoms with E-state index in [0.29, 0.717) is 31.2 Å². The normalized spacial score (nSPS) is 23.8. The van der Waals surface area contributed by atoms with Crippen LogP contribution in [0.5, 0.6) is 0 Å². The quantitative estimate of drug-likeness (QED) is 0.0737. The molecule has 66 heavy (non-hydrogen) atoms. The van der Waals surface area contributed by atoms with Gasteiger partial charge >= 0.3 is 0 Å². The lowest BCUT2D eigenvalue weighted by Crippen LogP contribution is -2.66. The van der Waals surface area contributed by atoms with E-state index in [0.717, 1.165) is 33.4 Å². The molecule has 9 rings (SSSR count). The van der Waals surface area contributed by atoms with Crippen molar-refractivity contribution in [2.45, 2.75) is 94.9 Å². The number of hydrogen-bond acceptors (Lipinski definition) is 10. The Labute approximate surface area is 386 Å². The molecule has 1 fully saturated rings. The van der Waals surface area contributed by atoms with E-state index in [4.69, 9.17) is 42.6 Å². The Morgan fingerprint density at radius 1 is 0.439 bits per heavy atom. The summed E-state index contributed by atoms with van der Waals surface area (Å²) in [5.74, 6) is -1.29. The van der Waals surface area contributed by atoms with Gasteiger partial charge in [-0.3, -0.25) is 4.79 Å². The average Bonchev–Trinajstić information content (AvgIpc) is 3.37. The minimum absolute atomic E-state index is 0.0952. The van der Waals surface area contributed by atoms with Crippen LogP contribution >= 0.6 is 0 Å². The number of carbonyl (C=O) groups is 1. The molecule has 0 unspecified atom stereocenters. The number of Topliss-reactive ketones (excluding diaryl/α,β-unsaturated/α-hetero) is 1. The van der Waals surface area contributed by atoms with Crippen LogP contribution < -0.4 is 0 Å². The molecule has 0 radical (unpaired) electrons. The topological polar surface area (TPSA) is 100 Å². The van der Waals surface area contributed by atoms with Crippen LogP contribution in [0.1, 0.15) is 46.2 Å². The molecule has 7 atom stereocenters. The van der Waals surface area contributed by atoms with E-state index < -0.39 is 42.4 Å². The summed E-state index contributed by atoms with van der Waals surface area (Å²) in [7, 11) is 0. The van der Waals surface area contributed by atoms with Crippen molar-refractivity contribution in [3.63, 3.8) is 0 Å². The zero-order chi connectivity index (χ0) is 44.8. The molecule has 3 aliphatic rings. The monoisotopic (exact) mass is 888 g/mol. The van der Waals surface area contributed by atoms with Crippen LogP contribution in [-0.4, -0.2) is 61.4 Å². The molecule has 0 N–H and O–H groups in total. The van der Waals surface area contributed by atoms with Crippen molar-refractivity contribution in [3.8, 4) is 0 Å². The molecule has 10 heteroatoms. The van der Waals surface area contributed by atoms with E-state index in [2.05, 4.69) is 0 Å². The van der Waals surface area contributed by atoms with Gasteiger partial charge in [-0.1, -0.05) is 182 Å². The first kappa shape index (κ1) is 45.2. The summed E-state index contributed by atoms with van der Waals surface area (Å²) in [4.78, 5) is 15.4. The van der Waals surface area contributed by atoms with Crippen LogP contribution in [0.15, 0.2) is 194 Å². The predicted octanol–water partition coefficient (Wildman–Crippen LogP) is 9.85. The average molecular weight is 889 g/mol. The van der Waals surface area contributed by atoms with Gasteiger partial charge in [-0.05, 0) is 33.4 Å². The van der Waals surface area contributed by atoms with E-state index in [9.17, 15) is 0 Å². The second kappa shape index (κ2) is 22.5. The van der Waals surface area contributed by atoms with Gasteiger partial charge in [-0.2, -0.15) is 0 Å². The Balaban J connectivity index is 1.05. The fraction of sp³-hybridized carbons (Fsp3) is 0.304. The maximum atomic E-state index is 15.4. The molecule has 340 valence electrons. The number of carbonyl (C=O) groups excluding carboxylic acids is 1. The Bertz CT molecular complexity index is 2420. The van der Waals surface area contributed by atoms with E-state index in [1.54, 1.807) is 0 Å². The molecule has 0 aromatic heterocycles. The summed E-state index contributed by atoms with van der Waals surface area (Å²) in [6.45, 7) is 1.93. The number of benzene rings is 6. The SMILES string of the molecule is O=C1[C@H](OCc2ccccc2)[C@H](OCc2ccccc2)[C@@H](COCc2ccccc2)O[C@@]12CCC1=C(O2)[C@H](OCc2ccccc2)[C@H](OCc2ccccc2)[C@@H](COCc2ccccc2)O1. The van der Waals surface area contributed by atoms with Crippen LogP contribution in [0.3, 0.4) is 0 Å². The molecule has 0 amide bonds. The second-order valence-electron chi connectivity index (χ2n) is 16.8. The van der Waals surface area contributed by atoms with Crippen molar-refractivity contribution in [2.75, 3.05) is 13.2 Å². The molecule has 10 nitrogen and oxygen atoms in total. The van der Waals surface area contributed by atoms with E-state index in [1.807, 2.05) is 182 Å². The summed E-state index contributed by atoms with van der Waals surface area (Å²) in [5, 5.41) is 0. The second-order valence-corrected chi connectivity index (χ2v) is 16.8. The van der Waals surface area contributed by atoms with E-state index >= 15 is 4.79 Å². The fourth-order valence-corrected chi connectivity index (χ4v) is 8.58. The van der Waals surface area contributed by atoms with Gasteiger partial charge in [0.1, 0.15) is 30.2 Å². The van der Waals surface area contributed by atoms with Gasteiger partial charge in [-0.25, -0.2) is 0 Å². The third kappa shape index (κ3) is 11.5. The summed E-state index contributed by atoms with van der Waals surface area (Å²) >= 11 is 0. The maximum Gasteiger partial charge on any atom is 0.273 e. The summed E-state index contributed by atoms with van der Waals surface area (Å²) in [5.41, 5.74) is 5.84. The van der Waals surface area contributed by atoms with Crippen LogP contribution in [0.4, 0.5) is 0 Å². The van der Waals surface area contributed by atoms with Gasteiger partial charge < -0.3 is 42.6 Å². The van der Waals surface area contributed by atoms with Crippen LogP contribution in [-0.2, 0) is 87.1 Å².